The second-order valence-corrected chi connectivity index (χ2v) is 13.7. The molecule has 0 N–H and O–H groups in total. The minimum absolute atomic E-state index is 0.0915. The third kappa shape index (κ3) is 5.22. The zero-order chi connectivity index (χ0) is 30.5. The molecule has 0 radical (unpaired) electrons. The average molecular weight is 639 g/mol. The van der Waals surface area contributed by atoms with Crippen molar-refractivity contribution in [3.63, 3.8) is 0 Å². The Hall–Kier alpha value is -3.70. The Labute approximate surface area is 260 Å². The zero-order valence-electron chi connectivity index (χ0n) is 23.6. The third-order valence-electron chi connectivity index (χ3n) is 8.07. The third-order valence-corrected chi connectivity index (χ3v) is 10.4. The van der Waals surface area contributed by atoms with E-state index in [9.17, 15) is 18.0 Å². The molecule has 43 heavy (non-hydrogen) atoms. The van der Waals surface area contributed by atoms with Crippen molar-refractivity contribution in [3.05, 3.63) is 94.6 Å². The second-order valence-electron chi connectivity index (χ2n) is 10.9. The van der Waals surface area contributed by atoms with Crippen molar-refractivity contribution < 1.29 is 18.0 Å². The lowest BCUT2D eigenvalue weighted by Crippen LogP contribution is -2.50. The minimum atomic E-state index is -4.08. The molecule has 9 nitrogen and oxygen atoms in total. The first kappa shape index (κ1) is 29.4. The number of sulfonamides is 1. The van der Waals surface area contributed by atoms with Crippen LogP contribution in [-0.2, 0) is 31.6 Å². The van der Waals surface area contributed by atoms with Crippen LogP contribution in [0, 0.1) is 0 Å². The summed E-state index contributed by atoms with van der Waals surface area (Å²) in [4.78, 5) is 33.7. The van der Waals surface area contributed by atoms with Gasteiger partial charge in [0.2, 0.25) is 11.9 Å². The molecule has 0 spiro atoms. The molecule has 1 unspecified atom stereocenters. The number of piperazine rings is 1. The number of hydrogen-bond donors (Lipinski definition) is 0. The first-order chi connectivity index (χ1) is 20.5. The number of anilines is 2. The van der Waals surface area contributed by atoms with Gasteiger partial charge in [0.05, 0.1) is 11.9 Å². The quantitative estimate of drug-likeness (QED) is 0.284. The zero-order valence-corrected chi connectivity index (χ0v) is 25.9. The van der Waals surface area contributed by atoms with Crippen LogP contribution in [0.4, 0.5) is 11.6 Å². The van der Waals surface area contributed by atoms with Gasteiger partial charge in [0.1, 0.15) is 5.54 Å². The normalized spacial score (nSPS) is 19.1. The lowest BCUT2D eigenvalue weighted by atomic mass is 9.91. The number of rotatable bonds is 6. The number of imidazole rings is 1. The van der Waals surface area contributed by atoms with Crippen LogP contribution in [-0.4, -0.2) is 65.2 Å². The monoisotopic (exact) mass is 637 g/mol. The van der Waals surface area contributed by atoms with Gasteiger partial charge >= 0.3 is 0 Å². The number of hydrogen-bond acceptors (Lipinski definition) is 5. The van der Waals surface area contributed by atoms with E-state index in [0.29, 0.717) is 15.7 Å². The molecule has 1 aromatic heterocycles. The molecular formula is C31H29Cl2N5O4S. The molecule has 6 rings (SSSR count). The highest BCUT2D eigenvalue weighted by atomic mass is 35.5. The summed E-state index contributed by atoms with van der Waals surface area (Å²) < 4.78 is 31.0. The van der Waals surface area contributed by atoms with Gasteiger partial charge in [0.25, 0.3) is 15.9 Å². The van der Waals surface area contributed by atoms with E-state index in [2.05, 4.69) is 4.98 Å². The Balaban J connectivity index is 1.42. The van der Waals surface area contributed by atoms with E-state index in [0.717, 1.165) is 16.7 Å². The molecule has 3 aromatic carbocycles. The number of carbonyl (C=O) groups excluding carboxylic acids is 2. The van der Waals surface area contributed by atoms with Gasteiger partial charge in [-0.25, -0.2) is 18.3 Å². The summed E-state index contributed by atoms with van der Waals surface area (Å²) in [5.74, 6) is -0.304. The second kappa shape index (κ2) is 11.1. The highest BCUT2D eigenvalue weighted by molar-refractivity contribution is 7.89. The molecular weight excluding hydrogens is 609 g/mol. The van der Waals surface area contributed by atoms with Crippen molar-refractivity contribution in [1.29, 1.82) is 0 Å². The van der Waals surface area contributed by atoms with Crippen LogP contribution < -0.4 is 4.90 Å². The summed E-state index contributed by atoms with van der Waals surface area (Å²) in [5.41, 5.74) is 1.98. The van der Waals surface area contributed by atoms with Crippen molar-refractivity contribution in [2.24, 2.45) is 0 Å². The van der Waals surface area contributed by atoms with Crippen LogP contribution in [0.3, 0.4) is 0 Å². The number of amides is 2. The van der Waals surface area contributed by atoms with Crippen LogP contribution in [0.1, 0.15) is 19.4 Å². The van der Waals surface area contributed by atoms with Crippen molar-refractivity contribution in [3.8, 4) is 11.1 Å². The largest absolute Gasteiger partial charge is 0.340 e. The fourth-order valence-corrected chi connectivity index (χ4v) is 7.96. The maximum atomic E-state index is 14.4. The molecule has 2 aliphatic rings. The molecule has 3 heterocycles. The molecule has 2 amide bonds. The fourth-order valence-electron chi connectivity index (χ4n) is 5.83. The molecule has 1 atom stereocenters. The van der Waals surface area contributed by atoms with Crippen LogP contribution in [0.5, 0.6) is 0 Å². The first-order valence-electron chi connectivity index (χ1n) is 13.8. The van der Waals surface area contributed by atoms with Gasteiger partial charge in [-0.3, -0.25) is 14.2 Å². The summed E-state index contributed by atoms with van der Waals surface area (Å²) in [6.45, 7) is 4.04. The summed E-state index contributed by atoms with van der Waals surface area (Å²) in [6.07, 6.45) is 1.50. The summed E-state index contributed by atoms with van der Waals surface area (Å²) in [7, 11) is -4.08. The molecule has 2 aliphatic heterocycles. The molecule has 222 valence electrons. The number of fused-ring (bicyclic) bond motifs is 1. The lowest BCUT2D eigenvalue weighted by Gasteiger charge is -2.34. The van der Waals surface area contributed by atoms with Crippen molar-refractivity contribution in [2.75, 3.05) is 31.1 Å². The summed E-state index contributed by atoms with van der Waals surface area (Å²) in [6, 6.07) is 22.6. The first-order valence-corrected chi connectivity index (χ1v) is 16.0. The van der Waals surface area contributed by atoms with Gasteiger partial charge in [-0.05, 0) is 41.8 Å². The predicted molar refractivity (Wildman–Crippen MR) is 166 cm³/mol. The number of benzene rings is 3. The molecule has 1 fully saturated rings. The summed E-state index contributed by atoms with van der Waals surface area (Å²) in [5, 5.41) is 0.565. The Kier molecular flexibility index (Phi) is 7.58. The maximum absolute atomic E-state index is 14.4. The topological polar surface area (TPSA) is 95.8 Å². The standard InChI is InChI=1S/C31H29Cl2N5O4S/c1-21(39)35-12-14-36(15-13-35)43(41,42)28-20-34-30-37(27-17-25(32)16-26(33)18-27)29(40)31(2,38(28)30)19-22-8-10-24(11-9-22)23-6-4-3-5-7-23/h3-11,16-18,20H,12-15,19H2,1-2H3. The van der Waals surface area contributed by atoms with E-state index in [4.69, 9.17) is 23.2 Å². The van der Waals surface area contributed by atoms with Gasteiger partial charge in [0, 0.05) is 49.6 Å². The van der Waals surface area contributed by atoms with Gasteiger partial charge < -0.3 is 4.90 Å². The van der Waals surface area contributed by atoms with Crippen molar-refractivity contribution >= 4 is 56.7 Å². The average Bonchev–Trinajstić information content (AvgIpc) is 3.51. The Morgan fingerprint density at radius 1 is 0.907 bits per heavy atom. The van der Waals surface area contributed by atoms with E-state index in [1.807, 2.05) is 54.6 Å². The fraction of sp³-hybridized carbons (Fsp3) is 0.258. The van der Waals surface area contributed by atoms with Gasteiger partial charge in [-0.1, -0.05) is 77.8 Å². The van der Waals surface area contributed by atoms with Crippen LogP contribution in [0.2, 0.25) is 10.0 Å². The number of carbonyl (C=O) groups is 2. The SMILES string of the molecule is CC(=O)N1CCN(S(=O)(=O)c2cnc3n2C(C)(Cc2ccc(-c4ccccc4)cc2)C(=O)N3c2cc(Cl)cc(Cl)c2)CC1. The number of nitrogens with zero attached hydrogens (tertiary/aromatic N) is 5. The molecule has 12 heteroatoms. The lowest BCUT2D eigenvalue weighted by molar-refractivity contribution is -0.130. The van der Waals surface area contributed by atoms with E-state index >= 15 is 0 Å². The number of halogens is 2. The molecule has 0 bridgehead atoms. The molecule has 4 aromatic rings. The minimum Gasteiger partial charge on any atom is -0.340 e. The Morgan fingerprint density at radius 3 is 2.12 bits per heavy atom. The van der Waals surface area contributed by atoms with Crippen molar-refractivity contribution in [2.45, 2.75) is 30.8 Å². The van der Waals surface area contributed by atoms with E-state index in [-0.39, 0.29) is 55.4 Å². The summed E-state index contributed by atoms with van der Waals surface area (Å²) >= 11 is 12.6. The van der Waals surface area contributed by atoms with Gasteiger partial charge in [-0.2, -0.15) is 4.31 Å². The van der Waals surface area contributed by atoms with Crippen LogP contribution >= 0.6 is 23.2 Å². The van der Waals surface area contributed by atoms with E-state index in [1.165, 1.54) is 26.9 Å². The van der Waals surface area contributed by atoms with Crippen molar-refractivity contribution in [1.82, 2.24) is 18.8 Å². The Bertz CT molecular complexity index is 1800. The highest BCUT2D eigenvalue weighted by Crippen LogP contribution is 2.45. The van der Waals surface area contributed by atoms with E-state index < -0.39 is 15.6 Å². The predicted octanol–water partition coefficient (Wildman–Crippen LogP) is 5.35. The smallest absolute Gasteiger partial charge is 0.260 e. The number of aromatic nitrogens is 2. The molecule has 0 aliphatic carbocycles. The Morgan fingerprint density at radius 2 is 1.51 bits per heavy atom. The van der Waals surface area contributed by atoms with Gasteiger partial charge in [0.15, 0.2) is 5.03 Å². The van der Waals surface area contributed by atoms with E-state index in [1.54, 1.807) is 30.0 Å². The molecule has 0 saturated carbocycles. The maximum Gasteiger partial charge on any atom is 0.260 e. The highest BCUT2D eigenvalue weighted by Gasteiger charge is 2.52. The molecule has 1 saturated heterocycles. The van der Waals surface area contributed by atoms with Crippen LogP contribution in [0.15, 0.2) is 84.0 Å². The van der Waals surface area contributed by atoms with Crippen LogP contribution in [0.25, 0.3) is 11.1 Å². The van der Waals surface area contributed by atoms with Gasteiger partial charge in [-0.15, -0.1) is 0 Å².